The van der Waals surface area contributed by atoms with Crippen LogP contribution in [0, 0.1) is 0 Å². The Kier molecular flexibility index (Phi) is 2.54. The Hall–Kier alpha value is -1.36. The number of fused-ring (bicyclic) bond motifs is 1. The van der Waals surface area contributed by atoms with E-state index in [0.29, 0.717) is 5.84 Å². The van der Waals surface area contributed by atoms with Gasteiger partial charge in [0.15, 0.2) is 0 Å². The third-order valence-corrected chi connectivity index (χ3v) is 3.57. The number of amidine groups is 1. The standard InChI is InChI=1S/C12H16N2O2S/c1-12(2)9-7-5-6-8-10(9)14(3)11(12)13-17(4,15)16/h5-8H,1-4H3. The second kappa shape index (κ2) is 3.57. The van der Waals surface area contributed by atoms with E-state index in [1.807, 2.05) is 50.1 Å². The van der Waals surface area contributed by atoms with Crippen LogP contribution in [0.2, 0.25) is 0 Å². The lowest BCUT2D eigenvalue weighted by Gasteiger charge is -2.21. The number of likely N-dealkylation sites (N-methyl/N-ethyl adjacent to an activating group) is 1. The SMILES string of the molecule is CN1C(=NS(C)(=O)=O)C(C)(C)c2ccccc21. The third kappa shape index (κ3) is 1.95. The number of para-hydroxylation sites is 1. The minimum absolute atomic E-state index is 0.381. The van der Waals surface area contributed by atoms with Crippen LogP contribution in [0.1, 0.15) is 19.4 Å². The van der Waals surface area contributed by atoms with E-state index >= 15 is 0 Å². The zero-order chi connectivity index (χ0) is 12.8. The maximum Gasteiger partial charge on any atom is 0.251 e. The van der Waals surface area contributed by atoms with Crippen molar-refractivity contribution in [2.75, 3.05) is 18.2 Å². The van der Waals surface area contributed by atoms with Gasteiger partial charge in [0.05, 0.1) is 11.7 Å². The number of nitrogens with zero attached hydrogens (tertiary/aromatic N) is 2. The lowest BCUT2D eigenvalue weighted by atomic mass is 9.86. The van der Waals surface area contributed by atoms with Crippen molar-refractivity contribution < 1.29 is 8.42 Å². The predicted octanol–water partition coefficient (Wildman–Crippen LogP) is 1.77. The largest absolute Gasteiger partial charge is 0.331 e. The van der Waals surface area contributed by atoms with Gasteiger partial charge in [0.25, 0.3) is 10.0 Å². The zero-order valence-electron chi connectivity index (χ0n) is 10.4. The number of sulfonamides is 1. The molecule has 0 unspecified atom stereocenters. The van der Waals surface area contributed by atoms with E-state index in [0.717, 1.165) is 17.5 Å². The molecule has 17 heavy (non-hydrogen) atoms. The topological polar surface area (TPSA) is 49.7 Å². The first-order chi connectivity index (χ1) is 7.73. The summed E-state index contributed by atoms with van der Waals surface area (Å²) in [4.78, 5) is 1.84. The fraction of sp³-hybridized carbons (Fsp3) is 0.417. The minimum atomic E-state index is -3.38. The molecule has 0 saturated carbocycles. The molecule has 2 rings (SSSR count). The highest BCUT2D eigenvalue weighted by Gasteiger charge is 2.40. The van der Waals surface area contributed by atoms with Crippen molar-refractivity contribution in [2.24, 2.45) is 4.40 Å². The highest BCUT2D eigenvalue weighted by atomic mass is 32.2. The summed E-state index contributed by atoms with van der Waals surface area (Å²) in [6, 6.07) is 7.88. The average molecular weight is 252 g/mol. The molecule has 1 heterocycles. The molecule has 5 heteroatoms. The summed E-state index contributed by atoms with van der Waals surface area (Å²) in [5.41, 5.74) is 1.74. The van der Waals surface area contributed by atoms with Crippen LogP contribution >= 0.6 is 0 Å². The van der Waals surface area contributed by atoms with Crippen LogP contribution in [0.3, 0.4) is 0 Å². The Bertz CT molecular complexity index is 588. The van der Waals surface area contributed by atoms with Crippen molar-refractivity contribution in [1.29, 1.82) is 0 Å². The molecule has 1 aromatic rings. The second-order valence-electron chi connectivity index (χ2n) is 4.85. The first-order valence-electron chi connectivity index (χ1n) is 5.37. The highest BCUT2D eigenvalue weighted by molar-refractivity contribution is 7.89. The zero-order valence-corrected chi connectivity index (χ0v) is 11.2. The molecule has 0 N–H and O–H groups in total. The lowest BCUT2D eigenvalue weighted by Crippen LogP contribution is -2.34. The van der Waals surface area contributed by atoms with E-state index in [-0.39, 0.29) is 5.41 Å². The fourth-order valence-corrected chi connectivity index (χ4v) is 2.95. The molecule has 0 radical (unpaired) electrons. The van der Waals surface area contributed by atoms with E-state index in [2.05, 4.69) is 4.40 Å². The Labute approximate surface area is 102 Å². The molecule has 92 valence electrons. The summed E-state index contributed by atoms with van der Waals surface area (Å²) in [7, 11) is -1.54. The van der Waals surface area contributed by atoms with Gasteiger partial charge in [0, 0.05) is 12.7 Å². The van der Waals surface area contributed by atoms with E-state index < -0.39 is 10.0 Å². The molecular formula is C12H16N2O2S. The van der Waals surface area contributed by atoms with Gasteiger partial charge in [0.2, 0.25) is 0 Å². The fourth-order valence-electron chi connectivity index (χ4n) is 2.28. The molecule has 0 fully saturated rings. The molecule has 1 aliphatic rings. The van der Waals surface area contributed by atoms with Gasteiger partial charge in [-0.3, -0.25) is 0 Å². The molecule has 1 aliphatic heterocycles. The van der Waals surface area contributed by atoms with Gasteiger partial charge in [-0.05, 0) is 25.5 Å². The Morgan fingerprint density at radius 1 is 1.24 bits per heavy atom. The third-order valence-electron chi connectivity index (χ3n) is 3.07. The van der Waals surface area contributed by atoms with E-state index in [1.54, 1.807) is 0 Å². The maximum atomic E-state index is 11.4. The van der Waals surface area contributed by atoms with Gasteiger partial charge in [-0.15, -0.1) is 4.40 Å². The molecule has 1 aromatic carbocycles. The summed E-state index contributed by atoms with van der Waals surface area (Å²) < 4.78 is 26.6. The van der Waals surface area contributed by atoms with Crippen LogP contribution in [-0.2, 0) is 15.4 Å². The summed E-state index contributed by atoms with van der Waals surface area (Å²) in [6.45, 7) is 3.97. The van der Waals surface area contributed by atoms with Crippen molar-refractivity contribution in [3.8, 4) is 0 Å². The summed E-state index contributed by atoms with van der Waals surface area (Å²) in [6.07, 6.45) is 1.12. The van der Waals surface area contributed by atoms with Crippen molar-refractivity contribution in [3.05, 3.63) is 29.8 Å². The molecule has 0 saturated heterocycles. The smallest absolute Gasteiger partial charge is 0.251 e. The van der Waals surface area contributed by atoms with Gasteiger partial charge in [0.1, 0.15) is 5.84 Å². The van der Waals surface area contributed by atoms with Crippen LogP contribution in [-0.4, -0.2) is 27.6 Å². The van der Waals surface area contributed by atoms with Crippen LogP contribution < -0.4 is 4.90 Å². The van der Waals surface area contributed by atoms with Gasteiger partial charge >= 0.3 is 0 Å². The van der Waals surface area contributed by atoms with E-state index in [1.165, 1.54) is 0 Å². The number of anilines is 1. The van der Waals surface area contributed by atoms with Crippen molar-refractivity contribution in [1.82, 2.24) is 0 Å². The van der Waals surface area contributed by atoms with Crippen molar-refractivity contribution >= 4 is 21.5 Å². The maximum absolute atomic E-state index is 11.4. The quantitative estimate of drug-likeness (QED) is 0.765. The number of hydrogen-bond acceptors (Lipinski definition) is 2. The highest BCUT2D eigenvalue weighted by Crippen LogP contribution is 2.41. The Morgan fingerprint density at radius 3 is 2.35 bits per heavy atom. The predicted molar refractivity (Wildman–Crippen MR) is 70.1 cm³/mol. The molecule has 0 spiro atoms. The van der Waals surface area contributed by atoms with Crippen molar-refractivity contribution in [3.63, 3.8) is 0 Å². The minimum Gasteiger partial charge on any atom is -0.331 e. The van der Waals surface area contributed by atoms with Crippen molar-refractivity contribution in [2.45, 2.75) is 19.3 Å². The van der Waals surface area contributed by atoms with Gasteiger partial charge in [-0.25, -0.2) is 8.42 Å². The normalized spacial score (nSPS) is 20.7. The molecule has 0 atom stereocenters. The molecule has 0 aliphatic carbocycles. The average Bonchev–Trinajstić information content (AvgIpc) is 2.39. The van der Waals surface area contributed by atoms with Gasteiger partial charge < -0.3 is 4.90 Å². The molecule has 0 bridgehead atoms. The van der Waals surface area contributed by atoms with Gasteiger partial charge in [-0.1, -0.05) is 18.2 Å². The number of rotatable bonds is 1. The Balaban J connectivity index is 2.67. The Morgan fingerprint density at radius 2 is 1.82 bits per heavy atom. The lowest BCUT2D eigenvalue weighted by molar-refractivity contribution is 0.602. The monoisotopic (exact) mass is 252 g/mol. The van der Waals surface area contributed by atoms with Gasteiger partial charge in [-0.2, -0.15) is 0 Å². The van der Waals surface area contributed by atoms with Crippen LogP contribution in [0.5, 0.6) is 0 Å². The summed E-state index contributed by atoms with van der Waals surface area (Å²) in [5.74, 6) is 0.571. The molecular weight excluding hydrogens is 236 g/mol. The number of benzene rings is 1. The van der Waals surface area contributed by atoms with E-state index in [9.17, 15) is 8.42 Å². The van der Waals surface area contributed by atoms with E-state index in [4.69, 9.17) is 0 Å². The van der Waals surface area contributed by atoms with Crippen LogP contribution in [0.15, 0.2) is 28.7 Å². The van der Waals surface area contributed by atoms with Crippen LogP contribution in [0.4, 0.5) is 5.69 Å². The summed E-state index contributed by atoms with van der Waals surface area (Å²) >= 11 is 0. The molecule has 0 aromatic heterocycles. The first kappa shape index (κ1) is 12.1. The molecule has 0 amide bonds. The second-order valence-corrected chi connectivity index (χ2v) is 6.50. The first-order valence-corrected chi connectivity index (χ1v) is 7.22. The van der Waals surface area contributed by atoms with Crippen LogP contribution in [0.25, 0.3) is 0 Å². The summed E-state index contributed by atoms with van der Waals surface area (Å²) in [5, 5.41) is 0. The molecule has 4 nitrogen and oxygen atoms in total. The number of hydrogen-bond donors (Lipinski definition) is 0.